The molecule has 0 bridgehead atoms. The van der Waals surface area contributed by atoms with Gasteiger partial charge in [-0.15, -0.1) is 0 Å². The van der Waals surface area contributed by atoms with E-state index < -0.39 is 18.4 Å². The second kappa shape index (κ2) is 20.1. The predicted octanol–water partition coefficient (Wildman–Crippen LogP) is 7.52. The van der Waals surface area contributed by atoms with Gasteiger partial charge >= 0.3 is 95.9 Å². The van der Waals surface area contributed by atoms with E-state index in [1.807, 2.05) is 27.7 Å². The van der Waals surface area contributed by atoms with Crippen LogP contribution < -0.4 is 0 Å². The molecule has 0 saturated heterocycles. The SMILES string of the molecule is CC.CC.CCC[CH2][Sn]([CH3])([CH2]CCC)[CH2]CCC. The summed E-state index contributed by atoms with van der Waals surface area (Å²) in [5, 5.41) is 0. The van der Waals surface area contributed by atoms with Crippen LogP contribution in [0.2, 0.25) is 18.2 Å². The summed E-state index contributed by atoms with van der Waals surface area (Å²) in [7, 11) is 0. The maximum absolute atomic E-state index is 2.72. The molecule has 0 amide bonds. The topological polar surface area (TPSA) is 0 Å². The second-order valence-corrected chi connectivity index (χ2v) is 19.7. The first-order valence-corrected chi connectivity index (χ1v) is 17.6. The van der Waals surface area contributed by atoms with Gasteiger partial charge in [-0.2, -0.15) is 0 Å². The van der Waals surface area contributed by atoms with E-state index in [1.165, 1.54) is 38.5 Å². The van der Waals surface area contributed by atoms with Crippen LogP contribution in [-0.4, -0.2) is 18.4 Å². The molecule has 0 unspecified atom stereocenters. The van der Waals surface area contributed by atoms with Crippen LogP contribution in [0.3, 0.4) is 0 Å². The zero-order chi connectivity index (χ0) is 14.9. The third-order valence-corrected chi connectivity index (χ3v) is 16.8. The van der Waals surface area contributed by atoms with E-state index in [0.29, 0.717) is 0 Å². The summed E-state index contributed by atoms with van der Waals surface area (Å²) in [4.78, 5) is 2.72. The van der Waals surface area contributed by atoms with Crippen molar-refractivity contribution < 1.29 is 0 Å². The molecule has 0 saturated carbocycles. The minimum atomic E-state index is -1.56. The van der Waals surface area contributed by atoms with Crippen molar-refractivity contribution in [2.45, 2.75) is 105 Å². The van der Waals surface area contributed by atoms with Crippen molar-refractivity contribution in [2.24, 2.45) is 0 Å². The van der Waals surface area contributed by atoms with Crippen LogP contribution in [0.1, 0.15) is 87.0 Å². The second-order valence-electron chi connectivity index (χ2n) is 5.12. The first-order valence-electron chi connectivity index (χ1n) is 8.68. The van der Waals surface area contributed by atoms with Crippen LogP contribution in [-0.2, 0) is 0 Å². The van der Waals surface area contributed by atoms with Gasteiger partial charge < -0.3 is 0 Å². The third-order valence-electron chi connectivity index (χ3n) is 3.40. The molecule has 0 nitrogen and oxygen atoms in total. The molecule has 0 aromatic rings. The summed E-state index contributed by atoms with van der Waals surface area (Å²) in [5.41, 5.74) is 0. The zero-order valence-electron chi connectivity index (χ0n) is 14.9. The summed E-state index contributed by atoms with van der Waals surface area (Å²) >= 11 is -1.56. The van der Waals surface area contributed by atoms with Crippen molar-refractivity contribution in [1.82, 2.24) is 0 Å². The van der Waals surface area contributed by atoms with Crippen molar-refractivity contribution in [3.8, 4) is 0 Å². The third kappa shape index (κ3) is 16.8. The zero-order valence-corrected chi connectivity index (χ0v) is 17.7. The summed E-state index contributed by atoms with van der Waals surface area (Å²) in [6.07, 6.45) is 8.76. The Balaban J connectivity index is -0.000000506. The molecule has 0 atom stereocenters. The summed E-state index contributed by atoms with van der Waals surface area (Å²) < 4.78 is 4.97. The molecular formula is C17H42Sn. The Morgan fingerprint density at radius 3 is 0.944 bits per heavy atom. The molecule has 0 fully saturated rings. The van der Waals surface area contributed by atoms with Gasteiger partial charge in [-0.1, -0.05) is 27.7 Å². The first kappa shape index (κ1) is 23.9. The Morgan fingerprint density at radius 2 is 0.778 bits per heavy atom. The molecule has 0 aliphatic rings. The number of unbranched alkanes of at least 4 members (excludes halogenated alkanes) is 3. The van der Waals surface area contributed by atoms with Gasteiger partial charge in [-0.3, -0.25) is 0 Å². The summed E-state index contributed by atoms with van der Waals surface area (Å²) in [6, 6.07) is 0. The van der Waals surface area contributed by atoms with E-state index in [1.54, 1.807) is 13.3 Å². The Kier molecular flexibility index (Phi) is 26.7. The van der Waals surface area contributed by atoms with Crippen LogP contribution in [0.15, 0.2) is 0 Å². The molecule has 0 N–H and O–H groups in total. The fraction of sp³-hybridized carbons (Fsp3) is 1.00. The van der Waals surface area contributed by atoms with E-state index in [4.69, 9.17) is 0 Å². The van der Waals surface area contributed by atoms with Gasteiger partial charge in [0.15, 0.2) is 0 Å². The monoisotopic (exact) mass is 366 g/mol. The van der Waals surface area contributed by atoms with Crippen LogP contribution in [0, 0.1) is 0 Å². The number of rotatable bonds is 9. The summed E-state index contributed by atoms with van der Waals surface area (Å²) in [6.45, 7) is 15.0. The molecule has 0 rings (SSSR count). The Hall–Kier alpha value is 0.799. The van der Waals surface area contributed by atoms with Crippen LogP contribution in [0.4, 0.5) is 0 Å². The number of hydrogen-bond donors (Lipinski definition) is 0. The number of hydrogen-bond acceptors (Lipinski definition) is 0. The molecule has 0 heterocycles. The van der Waals surface area contributed by atoms with Crippen molar-refractivity contribution in [2.75, 3.05) is 0 Å². The normalized spacial score (nSPS) is 10.0. The van der Waals surface area contributed by atoms with Crippen molar-refractivity contribution >= 4 is 18.4 Å². The molecule has 0 aromatic heterocycles. The van der Waals surface area contributed by atoms with Crippen LogP contribution in [0.5, 0.6) is 0 Å². The Labute approximate surface area is 123 Å². The quantitative estimate of drug-likeness (QED) is 0.371. The Morgan fingerprint density at radius 1 is 0.556 bits per heavy atom. The van der Waals surface area contributed by atoms with Crippen molar-refractivity contribution in [3.05, 3.63) is 0 Å². The van der Waals surface area contributed by atoms with Gasteiger partial charge in [-0.25, -0.2) is 0 Å². The van der Waals surface area contributed by atoms with Gasteiger partial charge in [0.05, 0.1) is 0 Å². The molecule has 0 aromatic carbocycles. The van der Waals surface area contributed by atoms with E-state index in [9.17, 15) is 0 Å². The van der Waals surface area contributed by atoms with Gasteiger partial charge in [0, 0.05) is 0 Å². The minimum absolute atomic E-state index is 1.41. The summed E-state index contributed by atoms with van der Waals surface area (Å²) in [5.74, 6) is 0. The molecular weight excluding hydrogens is 323 g/mol. The standard InChI is InChI=1S/3C4H9.2C2H6.CH3.Sn/c3*1-3-4-2;2*1-2;;/h3*1,3-4H2,2H3;2*1-2H3;1H3;. The molecule has 18 heavy (non-hydrogen) atoms. The van der Waals surface area contributed by atoms with Crippen molar-refractivity contribution in [1.29, 1.82) is 0 Å². The predicted molar refractivity (Wildman–Crippen MR) is 93.5 cm³/mol. The van der Waals surface area contributed by atoms with E-state index in [0.717, 1.165) is 0 Å². The average Bonchev–Trinajstić information content (AvgIpc) is 2.45. The first-order chi connectivity index (χ1) is 8.68. The van der Waals surface area contributed by atoms with Crippen molar-refractivity contribution in [3.63, 3.8) is 0 Å². The fourth-order valence-corrected chi connectivity index (χ4v) is 14.7. The van der Waals surface area contributed by atoms with E-state index in [2.05, 4.69) is 25.7 Å². The molecule has 0 aliphatic carbocycles. The maximum atomic E-state index is 2.72. The van der Waals surface area contributed by atoms with Gasteiger partial charge in [-0.05, 0) is 0 Å². The van der Waals surface area contributed by atoms with Gasteiger partial charge in [0.2, 0.25) is 0 Å². The molecule has 0 aliphatic heterocycles. The Bertz CT molecular complexity index is 99.0. The molecule has 0 radical (unpaired) electrons. The van der Waals surface area contributed by atoms with Gasteiger partial charge in [0.1, 0.15) is 0 Å². The molecule has 0 spiro atoms. The fourth-order valence-electron chi connectivity index (χ4n) is 2.19. The van der Waals surface area contributed by atoms with Gasteiger partial charge in [0.25, 0.3) is 0 Å². The average molecular weight is 365 g/mol. The van der Waals surface area contributed by atoms with Crippen LogP contribution >= 0.6 is 0 Å². The van der Waals surface area contributed by atoms with E-state index in [-0.39, 0.29) is 0 Å². The van der Waals surface area contributed by atoms with E-state index >= 15 is 0 Å². The molecule has 114 valence electrons. The van der Waals surface area contributed by atoms with Crippen LogP contribution in [0.25, 0.3) is 0 Å². The molecule has 1 heteroatoms.